The third-order valence-electron chi connectivity index (χ3n) is 5.17. The maximum atomic E-state index is 13.7. The molecular weight excluding hydrogens is 387 g/mol. The molecule has 2 aromatic carbocycles. The van der Waals surface area contributed by atoms with Crippen molar-refractivity contribution in [2.75, 3.05) is 18.4 Å². The van der Waals surface area contributed by atoms with Crippen molar-refractivity contribution >= 4 is 11.7 Å². The van der Waals surface area contributed by atoms with Gasteiger partial charge in [-0.15, -0.1) is 0 Å². The third-order valence-corrected chi connectivity index (χ3v) is 5.17. The Labute approximate surface area is 173 Å². The van der Waals surface area contributed by atoms with Crippen molar-refractivity contribution < 1.29 is 18.4 Å². The van der Waals surface area contributed by atoms with Gasteiger partial charge in [-0.2, -0.15) is 4.98 Å². The highest BCUT2D eigenvalue weighted by molar-refractivity contribution is 5.90. The molecule has 4 rings (SSSR count). The van der Waals surface area contributed by atoms with Gasteiger partial charge in [-0.25, -0.2) is 9.18 Å². The molecule has 1 fully saturated rings. The molecule has 0 radical (unpaired) electrons. The standard InChI is InChI=1S/C22H23FN4O3/c1-15-18(23)10-5-11-19(15)24-22(28)27-12-6-7-16(13-27)21-25-20(30-26-21)14-29-17-8-3-2-4-9-17/h2-5,8-11,16H,6-7,12-14H2,1H3,(H,24,28). The molecule has 1 saturated heterocycles. The summed E-state index contributed by atoms with van der Waals surface area (Å²) in [6.07, 6.45) is 1.69. The number of hydrogen-bond donors (Lipinski definition) is 1. The Morgan fingerprint density at radius 1 is 1.27 bits per heavy atom. The third kappa shape index (κ3) is 4.59. The molecule has 30 heavy (non-hydrogen) atoms. The van der Waals surface area contributed by atoms with Crippen LogP contribution in [0, 0.1) is 12.7 Å². The number of para-hydroxylation sites is 1. The molecule has 8 heteroatoms. The number of nitrogens with one attached hydrogen (secondary N) is 1. The van der Waals surface area contributed by atoms with E-state index >= 15 is 0 Å². The summed E-state index contributed by atoms with van der Waals surface area (Å²) in [6.45, 7) is 2.92. The molecule has 1 aliphatic heterocycles. The van der Waals surface area contributed by atoms with Gasteiger partial charge in [-0.1, -0.05) is 29.4 Å². The van der Waals surface area contributed by atoms with Crippen molar-refractivity contribution in [3.05, 3.63) is 71.6 Å². The number of carbonyl (C=O) groups is 1. The average molecular weight is 410 g/mol. The quantitative estimate of drug-likeness (QED) is 0.670. The van der Waals surface area contributed by atoms with Crippen LogP contribution in [0.4, 0.5) is 14.9 Å². The van der Waals surface area contributed by atoms with Crippen molar-refractivity contribution in [2.24, 2.45) is 0 Å². The van der Waals surface area contributed by atoms with E-state index < -0.39 is 0 Å². The summed E-state index contributed by atoms with van der Waals surface area (Å²) in [4.78, 5) is 18.8. The molecule has 1 unspecified atom stereocenters. The number of nitrogens with zero attached hydrogens (tertiary/aromatic N) is 3. The molecule has 0 saturated carbocycles. The number of amides is 2. The Kier molecular flexibility index (Phi) is 5.92. The van der Waals surface area contributed by atoms with E-state index in [-0.39, 0.29) is 24.4 Å². The Bertz CT molecular complexity index is 1010. The van der Waals surface area contributed by atoms with E-state index in [2.05, 4.69) is 15.5 Å². The molecule has 0 aliphatic carbocycles. The molecular formula is C22H23FN4O3. The van der Waals surface area contributed by atoms with Crippen LogP contribution >= 0.6 is 0 Å². The van der Waals surface area contributed by atoms with Crippen LogP contribution in [0.5, 0.6) is 5.75 Å². The molecule has 0 bridgehead atoms. The van der Waals surface area contributed by atoms with E-state index in [9.17, 15) is 9.18 Å². The van der Waals surface area contributed by atoms with Gasteiger partial charge in [0.25, 0.3) is 5.89 Å². The highest BCUT2D eigenvalue weighted by Gasteiger charge is 2.28. The molecule has 3 aromatic rings. The van der Waals surface area contributed by atoms with E-state index in [1.807, 2.05) is 30.3 Å². The second kappa shape index (κ2) is 8.94. The largest absolute Gasteiger partial charge is 0.484 e. The maximum absolute atomic E-state index is 13.7. The van der Waals surface area contributed by atoms with Crippen LogP contribution < -0.4 is 10.1 Å². The van der Waals surface area contributed by atoms with Gasteiger partial charge in [-0.3, -0.25) is 0 Å². The van der Waals surface area contributed by atoms with Crippen molar-refractivity contribution in [1.29, 1.82) is 0 Å². The summed E-state index contributed by atoms with van der Waals surface area (Å²) in [5, 5.41) is 6.88. The summed E-state index contributed by atoms with van der Waals surface area (Å²) in [6, 6.07) is 13.8. The van der Waals surface area contributed by atoms with Crippen LogP contribution in [0.15, 0.2) is 53.1 Å². The van der Waals surface area contributed by atoms with Crippen molar-refractivity contribution in [3.63, 3.8) is 0 Å². The number of piperidine rings is 1. The zero-order valence-electron chi connectivity index (χ0n) is 16.7. The number of anilines is 1. The molecule has 1 aromatic heterocycles. The number of benzene rings is 2. The molecule has 2 heterocycles. The van der Waals surface area contributed by atoms with Crippen LogP contribution in [0.25, 0.3) is 0 Å². The maximum Gasteiger partial charge on any atom is 0.321 e. The number of rotatable bonds is 5. The van der Waals surface area contributed by atoms with E-state index in [0.717, 1.165) is 18.6 Å². The highest BCUT2D eigenvalue weighted by atomic mass is 19.1. The minimum absolute atomic E-state index is 0.0210. The van der Waals surface area contributed by atoms with Gasteiger partial charge < -0.3 is 19.5 Å². The fourth-order valence-electron chi connectivity index (χ4n) is 3.46. The molecule has 1 atom stereocenters. The lowest BCUT2D eigenvalue weighted by atomic mass is 9.97. The van der Waals surface area contributed by atoms with Crippen LogP contribution in [-0.4, -0.2) is 34.2 Å². The Hall–Kier alpha value is -3.42. The first-order chi connectivity index (χ1) is 14.6. The van der Waals surface area contributed by atoms with Crippen LogP contribution in [0.1, 0.15) is 36.0 Å². The minimum Gasteiger partial charge on any atom is -0.484 e. The van der Waals surface area contributed by atoms with E-state index in [1.54, 1.807) is 24.0 Å². The van der Waals surface area contributed by atoms with Crippen LogP contribution in [0.2, 0.25) is 0 Å². The van der Waals surface area contributed by atoms with Crippen molar-refractivity contribution in [3.8, 4) is 5.75 Å². The first-order valence-electron chi connectivity index (χ1n) is 9.91. The van der Waals surface area contributed by atoms with Gasteiger partial charge >= 0.3 is 6.03 Å². The SMILES string of the molecule is Cc1c(F)cccc1NC(=O)N1CCCC(c2noc(COc3ccccc3)n2)C1. The van der Waals surface area contributed by atoms with Gasteiger partial charge in [0.15, 0.2) is 12.4 Å². The summed E-state index contributed by atoms with van der Waals surface area (Å²) in [5.41, 5.74) is 0.891. The molecule has 156 valence electrons. The lowest BCUT2D eigenvalue weighted by molar-refractivity contribution is 0.190. The van der Waals surface area contributed by atoms with E-state index in [0.29, 0.717) is 36.1 Å². The lowest BCUT2D eigenvalue weighted by Gasteiger charge is -2.31. The second-order valence-electron chi connectivity index (χ2n) is 7.28. The normalized spacial score (nSPS) is 16.3. The van der Waals surface area contributed by atoms with Gasteiger partial charge in [0, 0.05) is 30.3 Å². The molecule has 0 spiro atoms. The van der Waals surface area contributed by atoms with Crippen molar-refractivity contribution in [1.82, 2.24) is 15.0 Å². The monoisotopic (exact) mass is 410 g/mol. The minimum atomic E-state index is -0.346. The number of likely N-dealkylation sites (tertiary alicyclic amines) is 1. The average Bonchev–Trinajstić information content (AvgIpc) is 3.25. The summed E-state index contributed by atoms with van der Waals surface area (Å²) >= 11 is 0. The zero-order valence-corrected chi connectivity index (χ0v) is 16.7. The molecule has 1 N–H and O–H groups in total. The number of hydrogen-bond acceptors (Lipinski definition) is 5. The van der Waals surface area contributed by atoms with Crippen LogP contribution in [0.3, 0.4) is 0 Å². The van der Waals surface area contributed by atoms with Gasteiger partial charge in [0.2, 0.25) is 0 Å². The molecule has 7 nitrogen and oxygen atoms in total. The summed E-state index contributed by atoms with van der Waals surface area (Å²) < 4.78 is 24.7. The highest BCUT2D eigenvalue weighted by Crippen LogP contribution is 2.26. The summed E-state index contributed by atoms with van der Waals surface area (Å²) in [7, 11) is 0. The van der Waals surface area contributed by atoms with Gasteiger partial charge in [0.05, 0.1) is 0 Å². The molecule has 2 amide bonds. The lowest BCUT2D eigenvalue weighted by Crippen LogP contribution is -2.42. The van der Waals surface area contributed by atoms with E-state index in [4.69, 9.17) is 9.26 Å². The number of carbonyl (C=O) groups excluding carboxylic acids is 1. The first-order valence-corrected chi connectivity index (χ1v) is 9.91. The predicted molar refractivity (Wildman–Crippen MR) is 109 cm³/mol. The van der Waals surface area contributed by atoms with Gasteiger partial charge in [0.1, 0.15) is 11.6 Å². The number of ether oxygens (including phenoxy) is 1. The summed E-state index contributed by atoms with van der Waals surface area (Å²) in [5.74, 6) is 1.33. The Morgan fingerprint density at radius 2 is 2.10 bits per heavy atom. The van der Waals surface area contributed by atoms with Crippen molar-refractivity contribution in [2.45, 2.75) is 32.3 Å². The smallest absolute Gasteiger partial charge is 0.321 e. The van der Waals surface area contributed by atoms with E-state index in [1.165, 1.54) is 6.07 Å². The van der Waals surface area contributed by atoms with Gasteiger partial charge in [-0.05, 0) is 44.0 Å². The van der Waals surface area contributed by atoms with Crippen LogP contribution in [-0.2, 0) is 6.61 Å². The number of halogens is 1. The Morgan fingerprint density at radius 3 is 2.93 bits per heavy atom. The fraction of sp³-hybridized carbons (Fsp3) is 0.318. The predicted octanol–water partition coefficient (Wildman–Crippen LogP) is 4.51. The second-order valence-corrected chi connectivity index (χ2v) is 7.28. The first kappa shape index (κ1) is 19.9. The zero-order chi connectivity index (χ0) is 20.9. The topological polar surface area (TPSA) is 80.5 Å². The number of aromatic nitrogens is 2. The Balaban J connectivity index is 1.36. The fourth-order valence-corrected chi connectivity index (χ4v) is 3.46. The number of urea groups is 1. The molecule has 1 aliphatic rings.